The van der Waals surface area contributed by atoms with Gasteiger partial charge < -0.3 is 10.2 Å². The van der Waals surface area contributed by atoms with E-state index in [1.54, 1.807) is 23.3 Å². The van der Waals surface area contributed by atoms with E-state index in [1.165, 1.54) is 5.56 Å². The first-order valence-corrected chi connectivity index (χ1v) is 9.27. The summed E-state index contributed by atoms with van der Waals surface area (Å²) in [5.74, 6) is 6.11. The van der Waals surface area contributed by atoms with Crippen LogP contribution in [0.15, 0.2) is 61.2 Å². The molecule has 2 amide bonds. The maximum Gasteiger partial charge on any atom is 0.322 e. The van der Waals surface area contributed by atoms with Crippen LogP contribution in [0.25, 0.3) is 0 Å². The van der Waals surface area contributed by atoms with Crippen LogP contribution in [-0.2, 0) is 7.05 Å². The number of hydrogen-bond acceptors (Lipinski definition) is 3. The number of benzene rings is 1. The predicted molar refractivity (Wildman–Crippen MR) is 108 cm³/mol. The van der Waals surface area contributed by atoms with Gasteiger partial charge in [-0.25, -0.2) is 4.79 Å². The zero-order valence-electron chi connectivity index (χ0n) is 15.7. The second-order valence-electron chi connectivity index (χ2n) is 6.81. The average Bonchev–Trinajstić information content (AvgIpc) is 3.36. The molecule has 6 nitrogen and oxygen atoms in total. The van der Waals surface area contributed by atoms with E-state index in [0.717, 1.165) is 30.5 Å². The average molecular weight is 371 g/mol. The third-order valence-electron chi connectivity index (χ3n) is 4.74. The number of aryl methyl sites for hydroxylation is 1. The highest BCUT2D eigenvalue weighted by atomic mass is 16.2. The van der Waals surface area contributed by atoms with Gasteiger partial charge in [0.2, 0.25) is 0 Å². The van der Waals surface area contributed by atoms with Crippen LogP contribution in [0.1, 0.15) is 35.6 Å². The lowest BCUT2D eigenvalue weighted by Gasteiger charge is -2.25. The Kier molecular flexibility index (Phi) is 5.07. The predicted octanol–water partition coefficient (Wildman–Crippen LogP) is 3.58. The molecule has 0 radical (unpaired) electrons. The van der Waals surface area contributed by atoms with Gasteiger partial charge in [0, 0.05) is 31.5 Å². The first-order chi connectivity index (χ1) is 13.7. The van der Waals surface area contributed by atoms with Crippen molar-refractivity contribution >= 4 is 11.7 Å². The fraction of sp³-hybridized carbons (Fsp3) is 0.227. The molecule has 0 bridgehead atoms. The van der Waals surface area contributed by atoms with Gasteiger partial charge in [-0.3, -0.25) is 9.67 Å². The van der Waals surface area contributed by atoms with Crippen LogP contribution in [0.5, 0.6) is 0 Å². The van der Waals surface area contributed by atoms with Crippen molar-refractivity contribution in [3.63, 3.8) is 0 Å². The largest absolute Gasteiger partial charge is 0.322 e. The van der Waals surface area contributed by atoms with Crippen LogP contribution in [0.2, 0.25) is 0 Å². The van der Waals surface area contributed by atoms with E-state index in [4.69, 9.17) is 0 Å². The second kappa shape index (κ2) is 7.97. The number of amides is 2. The van der Waals surface area contributed by atoms with E-state index in [9.17, 15) is 4.79 Å². The van der Waals surface area contributed by atoms with Crippen LogP contribution in [0, 0.1) is 11.8 Å². The minimum absolute atomic E-state index is 0.106. The molecule has 0 saturated carbocycles. The number of rotatable bonds is 2. The normalized spacial score (nSPS) is 15.8. The van der Waals surface area contributed by atoms with E-state index in [1.807, 2.05) is 42.4 Å². The molecule has 1 saturated heterocycles. The number of urea groups is 1. The number of pyridine rings is 1. The zero-order chi connectivity index (χ0) is 19.3. The molecule has 1 aliphatic heterocycles. The van der Waals surface area contributed by atoms with E-state index >= 15 is 0 Å². The lowest BCUT2D eigenvalue weighted by Crippen LogP contribution is -2.34. The lowest BCUT2D eigenvalue weighted by molar-refractivity contribution is 0.207. The van der Waals surface area contributed by atoms with Crippen molar-refractivity contribution in [3.8, 4) is 11.8 Å². The minimum Gasteiger partial charge on any atom is -0.317 e. The Balaban J connectivity index is 1.47. The van der Waals surface area contributed by atoms with Crippen molar-refractivity contribution in [2.75, 3.05) is 11.9 Å². The molecule has 3 aromatic rings. The smallest absolute Gasteiger partial charge is 0.317 e. The highest BCUT2D eigenvalue weighted by Gasteiger charge is 2.29. The summed E-state index contributed by atoms with van der Waals surface area (Å²) in [4.78, 5) is 18.9. The maximum absolute atomic E-state index is 12.8. The van der Waals surface area contributed by atoms with E-state index < -0.39 is 0 Å². The molecule has 0 spiro atoms. The molecule has 2 aromatic heterocycles. The fourth-order valence-corrected chi connectivity index (χ4v) is 3.43. The van der Waals surface area contributed by atoms with E-state index in [-0.39, 0.29) is 12.1 Å². The van der Waals surface area contributed by atoms with Gasteiger partial charge in [0.15, 0.2) is 0 Å². The summed E-state index contributed by atoms with van der Waals surface area (Å²) in [6.07, 6.45) is 8.86. The highest BCUT2D eigenvalue weighted by Crippen LogP contribution is 2.32. The number of nitrogens with one attached hydrogen (secondary N) is 1. The Morgan fingerprint density at radius 1 is 1.14 bits per heavy atom. The van der Waals surface area contributed by atoms with Crippen molar-refractivity contribution < 1.29 is 4.79 Å². The third-order valence-corrected chi connectivity index (χ3v) is 4.74. The first kappa shape index (κ1) is 17.8. The van der Waals surface area contributed by atoms with Gasteiger partial charge in [0.05, 0.1) is 29.7 Å². The van der Waals surface area contributed by atoms with Gasteiger partial charge in [0.25, 0.3) is 0 Å². The van der Waals surface area contributed by atoms with Crippen LogP contribution < -0.4 is 5.32 Å². The topological polar surface area (TPSA) is 63.1 Å². The summed E-state index contributed by atoms with van der Waals surface area (Å²) in [5.41, 5.74) is 3.38. The van der Waals surface area contributed by atoms with Gasteiger partial charge in [-0.15, -0.1) is 0 Å². The minimum atomic E-state index is -0.106. The monoisotopic (exact) mass is 371 g/mol. The molecule has 1 aliphatic rings. The fourth-order valence-electron chi connectivity index (χ4n) is 3.43. The number of carbonyl (C=O) groups excluding carboxylic acids is 1. The van der Waals surface area contributed by atoms with Crippen LogP contribution >= 0.6 is 0 Å². The molecule has 6 heteroatoms. The molecule has 0 aliphatic carbocycles. The second-order valence-corrected chi connectivity index (χ2v) is 6.81. The Morgan fingerprint density at radius 3 is 2.75 bits per heavy atom. The van der Waals surface area contributed by atoms with Gasteiger partial charge in [-0.1, -0.05) is 42.2 Å². The molecule has 140 valence electrons. The molecule has 4 rings (SSSR count). The molecular formula is C22H21N5O. The van der Waals surface area contributed by atoms with Crippen LogP contribution in [-0.4, -0.2) is 32.2 Å². The number of aromatic nitrogens is 3. The van der Waals surface area contributed by atoms with Crippen molar-refractivity contribution in [1.29, 1.82) is 0 Å². The molecule has 1 aromatic carbocycles. The molecule has 3 heterocycles. The van der Waals surface area contributed by atoms with Crippen molar-refractivity contribution in [1.82, 2.24) is 19.7 Å². The van der Waals surface area contributed by atoms with Crippen molar-refractivity contribution in [3.05, 3.63) is 77.9 Å². The summed E-state index contributed by atoms with van der Waals surface area (Å²) < 4.78 is 1.71. The molecule has 1 atom stereocenters. The summed E-state index contributed by atoms with van der Waals surface area (Å²) in [6, 6.07) is 12.0. The Bertz CT molecular complexity index is 1030. The quantitative estimate of drug-likeness (QED) is 0.701. The summed E-state index contributed by atoms with van der Waals surface area (Å²) in [6.45, 7) is 0.749. The number of nitrogens with zero attached hydrogens (tertiary/aromatic N) is 4. The van der Waals surface area contributed by atoms with Crippen LogP contribution in [0.4, 0.5) is 10.5 Å². The standard InChI is InChI=1S/C22H21N5O/c1-26-16-18(14-24-26)10-9-17-12-20(15-23-13-17)25-22(28)27-11-5-8-21(27)19-6-3-2-4-7-19/h2-4,6-7,12-16,21H,5,8,11H2,1H3,(H,25,28)/t21-/m0/s1. The highest BCUT2D eigenvalue weighted by molar-refractivity contribution is 5.89. The molecule has 1 fully saturated rings. The summed E-state index contributed by atoms with van der Waals surface area (Å²) in [5, 5.41) is 7.06. The Labute approximate surface area is 164 Å². The Morgan fingerprint density at radius 2 is 1.96 bits per heavy atom. The summed E-state index contributed by atoms with van der Waals surface area (Å²) in [7, 11) is 1.85. The maximum atomic E-state index is 12.8. The molecule has 0 unspecified atom stereocenters. The van der Waals surface area contributed by atoms with E-state index in [2.05, 4.69) is 39.4 Å². The number of anilines is 1. The van der Waals surface area contributed by atoms with Crippen LogP contribution in [0.3, 0.4) is 0 Å². The SMILES string of the molecule is Cn1cc(C#Cc2cncc(NC(=O)N3CCC[C@H]3c3ccccc3)c2)cn1. The number of hydrogen-bond donors (Lipinski definition) is 1. The first-order valence-electron chi connectivity index (χ1n) is 9.27. The zero-order valence-corrected chi connectivity index (χ0v) is 15.7. The number of carbonyl (C=O) groups is 1. The Hall–Kier alpha value is -3.59. The number of likely N-dealkylation sites (tertiary alicyclic amines) is 1. The third kappa shape index (κ3) is 4.04. The lowest BCUT2D eigenvalue weighted by atomic mass is 10.1. The van der Waals surface area contributed by atoms with Gasteiger partial charge in [-0.2, -0.15) is 5.10 Å². The van der Waals surface area contributed by atoms with Gasteiger partial charge >= 0.3 is 6.03 Å². The molecule has 28 heavy (non-hydrogen) atoms. The van der Waals surface area contributed by atoms with Gasteiger partial charge in [0.1, 0.15) is 0 Å². The van der Waals surface area contributed by atoms with Crippen molar-refractivity contribution in [2.24, 2.45) is 7.05 Å². The van der Waals surface area contributed by atoms with Crippen molar-refractivity contribution in [2.45, 2.75) is 18.9 Å². The van der Waals surface area contributed by atoms with E-state index in [0.29, 0.717) is 5.69 Å². The summed E-state index contributed by atoms with van der Waals surface area (Å²) >= 11 is 0. The molecule has 1 N–H and O–H groups in total. The van der Waals surface area contributed by atoms with Gasteiger partial charge in [-0.05, 0) is 24.5 Å². The molecular weight excluding hydrogens is 350 g/mol.